The molecule has 0 aromatic rings. The zero-order chi connectivity index (χ0) is 14.3. The lowest BCUT2D eigenvalue weighted by atomic mass is 10.1. The van der Waals surface area contributed by atoms with Crippen molar-refractivity contribution >= 4 is 11.9 Å². The van der Waals surface area contributed by atoms with E-state index < -0.39 is 29.7 Å². The predicted octanol–water partition coefficient (Wildman–Crippen LogP) is 1.19. The number of carbonyl (C=O) groups is 2. The lowest BCUT2D eigenvalue weighted by Crippen LogP contribution is -2.43. The van der Waals surface area contributed by atoms with Gasteiger partial charge in [-0.1, -0.05) is 5.11 Å². The Morgan fingerprint density at radius 2 is 1.78 bits per heavy atom. The third-order valence-electron chi connectivity index (χ3n) is 1.80. The molecule has 8 nitrogen and oxygen atoms in total. The summed E-state index contributed by atoms with van der Waals surface area (Å²) in [6, 6.07) is -1.42. The molecule has 0 bridgehead atoms. The van der Waals surface area contributed by atoms with Gasteiger partial charge in [0.15, 0.2) is 12.1 Å². The molecular weight excluding hydrogens is 242 g/mol. The van der Waals surface area contributed by atoms with Gasteiger partial charge >= 0.3 is 11.9 Å². The second-order valence-electron chi connectivity index (χ2n) is 4.36. The normalized spacial score (nSPS) is 14.1. The van der Waals surface area contributed by atoms with Crippen LogP contribution < -0.4 is 0 Å². The maximum Gasteiger partial charge on any atom is 0.336 e. The van der Waals surface area contributed by atoms with Crippen LogP contribution in [0.25, 0.3) is 10.4 Å². The van der Waals surface area contributed by atoms with Crippen LogP contribution in [0, 0.1) is 0 Å². The number of esters is 2. The molecule has 0 rings (SSSR count). The summed E-state index contributed by atoms with van der Waals surface area (Å²) >= 11 is 0. The van der Waals surface area contributed by atoms with Crippen LogP contribution in [0.3, 0.4) is 0 Å². The molecule has 0 saturated heterocycles. The van der Waals surface area contributed by atoms with Crippen LogP contribution in [0.5, 0.6) is 0 Å². The lowest BCUT2D eigenvalue weighted by molar-refractivity contribution is -0.172. The monoisotopic (exact) mass is 259 g/mol. The summed E-state index contributed by atoms with van der Waals surface area (Å²) in [4.78, 5) is 25.7. The molecule has 0 fully saturated rings. The van der Waals surface area contributed by atoms with Gasteiger partial charge in [-0.25, -0.2) is 4.79 Å². The quantitative estimate of drug-likeness (QED) is 0.318. The second kappa shape index (κ2) is 6.83. The molecule has 0 spiro atoms. The van der Waals surface area contributed by atoms with Crippen LogP contribution in [0.15, 0.2) is 5.11 Å². The van der Waals surface area contributed by atoms with Crippen LogP contribution in [0.4, 0.5) is 0 Å². The number of nitrogens with zero attached hydrogens (tertiary/aromatic N) is 3. The fourth-order valence-corrected chi connectivity index (χ4v) is 1.12. The first-order chi connectivity index (χ1) is 8.26. The van der Waals surface area contributed by atoms with Crippen molar-refractivity contribution in [1.82, 2.24) is 0 Å². The van der Waals surface area contributed by atoms with Gasteiger partial charge in [-0.2, -0.15) is 0 Å². The lowest BCUT2D eigenvalue weighted by Gasteiger charge is -2.25. The van der Waals surface area contributed by atoms with Crippen LogP contribution in [-0.2, 0) is 23.8 Å². The van der Waals surface area contributed by atoms with Crippen LogP contribution >= 0.6 is 0 Å². The molecule has 0 aromatic heterocycles. The van der Waals surface area contributed by atoms with Crippen LogP contribution in [-0.4, -0.2) is 43.9 Å². The van der Waals surface area contributed by atoms with Gasteiger partial charge < -0.3 is 14.2 Å². The Morgan fingerprint density at radius 1 is 1.22 bits per heavy atom. The highest BCUT2D eigenvalue weighted by Crippen LogP contribution is 2.14. The van der Waals surface area contributed by atoms with Gasteiger partial charge in [0.05, 0.1) is 7.11 Å². The molecule has 0 radical (unpaired) electrons. The Labute approximate surface area is 105 Å². The van der Waals surface area contributed by atoms with Crippen molar-refractivity contribution in [3.05, 3.63) is 10.4 Å². The van der Waals surface area contributed by atoms with Gasteiger partial charge in [-0.3, -0.25) is 4.79 Å². The molecule has 0 aliphatic rings. The zero-order valence-corrected chi connectivity index (χ0v) is 11.0. The molecule has 0 unspecified atom stereocenters. The van der Waals surface area contributed by atoms with E-state index in [-0.39, 0.29) is 0 Å². The average molecular weight is 259 g/mol. The first-order valence-corrected chi connectivity index (χ1v) is 5.14. The average Bonchev–Trinajstić information content (AvgIpc) is 2.25. The molecule has 102 valence electrons. The number of rotatable bonds is 5. The van der Waals surface area contributed by atoms with E-state index in [9.17, 15) is 9.59 Å². The van der Waals surface area contributed by atoms with E-state index in [0.717, 1.165) is 7.11 Å². The maximum atomic E-state index is 11.8. The molecule has 0 N–H and O–H groups in total. The van der Waals surface area contributed by atoms with Crippen LogP contribution in [0.2, 0.25) is 0 Å². The standard InChI is InChI=1S/C10H17N3O5/c1-10(2,3)18-9(15)7(16-4)6(12-13-11)8(14)17-5/h6-7H,1-5H3/t6-,7-/m0/s1. The number of hydrogen-bond donors (Lipinski definition) is 0. The molecule has 8 heteroatoms. The third kappa shape index (κ3) is 5.03. The van der Waals surface area contributed by atoms with Gasteiger partial charge in [0.2, 0.25) is 0 Å². The summed E-state index contributed by atoms with van der Waals surface area (Å²) in [6.45, 7) is 5.00. The van der Waals surface area contributed by atoms with Crippen molar-refractivity contribution in [3.63, 3.8) is 0 Å². The van der Waals surface area contributed by atoms with E-state index >= 15 is 0 Å². The Morgan fingerprint density at radius 3 is 2.11 bits per heavy atom. The molecule has 0 amide bonds. The molecule has 2 atom stereocenters. The van der Waals surface area contributed by atoms with E-state index in [1.54, 1.807) is 20.8 Å². The fraction of sp³-hybridized carbons (Fsp3) is 0.800. The van der Waals surface area contributed by atoms with Crippen molar-refractivity contribution in [2.24, 2.45) is 5.11 Å². The summed E-state index contributed by atoms with van der Waals surface area (Å²) in [6.07, 6.45) is -1.34. The number of hydrogen-bond acceptors (Lipinski definition) is 6. The largest absolute Gasteiger partial charge is 0.469 e. The summed E-state index contributed by atoms with van der Waals surface area (Å²) < 4.78 is 14.3. The summed E-state index contributed by atoms with van der Waals surface area (Å²) in [7, 11) is 2.32. The van der Waals surface area contributed by atoms with Gasteiger partial charge in [-0.05, 0) is 26.3 Å². The van der Waals surface area contributed by atoms with Crippen molar-refractivity contribution < 1.29 is 23.8 Å². The highest BCUT2D eigenvalue weighted by Gasteiger charge is 2.37. The number of carbonyl (C=O) groups excluding carboxylic acids is 2. The Balaban J connectivity index is 5.07. The van der Waals surface area contributed by atoms with Crippen molar-refractivity contribution in [3.8, 4) is 0 Å². The minimum Gasteiger partial charge on any atom is -0.469 e. The molecule has 18 heavy (non-hydrogen) atoms. The van der Waals surface area contributed by atoms with Gasteiger partial charge in [0.1, 0.15) is 5.60 Å². The number of methoxy groups -OCH3 is 2. The Kier molecular flexibility index (Phi) is 6.15. The second-order valence-corrected chi connectivity index (χ2v) is 4.36. The van der Waals surface area contributed by atoms with Crippen LogP contribution in [0.1, 0.15) is 20.8 Å². The Bertz CT molecular complexity index is 357. The van der Waals surface area contributed by atoms with E-state index in [1.807, 2.05) is 0 Å². The van der Waals surface area contributed by atoms with Gasteiger partial charge in [0.25, 0.3) is 0 Å². The van der Waals surface area contributed by atoms with Gasteiger partial charge in [0, 0.05) is 12.0 Å². The minimum atomic E-state index is -1.42. The molecule has 0 aromatic carbocycles. The molecular formula is C10H17N3O5. The van der Waals surface area contributed by atoms with Crippen molar-refractivity contribution in [2.75, 3.05) is 14.2 Å². The number of azide groups is 1. The fourth-order valence-electron chi connectivity index (χ4n) is 1.12. The maximum absolute atomic E-state index is 11.8. The predicted molar refractivity (Wildman–Crippen MR) is 61.6 cm³/mol. The van der Waals surface area contributed by atoms with E-state index in [1.165, 1.54) is 7.11 Å². The summed E-state index contributed by atoms with van der Waals surface area (Å²) in [5, 5.41) is 3.20. The molecule has 0 heterocycles. The topological polar surface area (TPSA) is 111 Å². The van der Waals surface area contributed by atoms with Crippen molar-refractivity contribution in [1.29, 1.82) is 0 Å². The minimum absolute atomic E-state index is 0.745. The summed E-state index contributed by atoms with van der Waals surface area (Å²) in [5.41, 5.74) is 7.64. The van der Waals surface area contributed by atoms with Crippen molar-refractivity contribution in [2.45, 2.75) is 38.5 Å². The van der Waals surface area contributed by atoms with E-state index in [0.29, 0.717) is 0 Å². The first-order valence-electron chi connectivity index (χ1n) is 5.14. The molecule has 0 aliphatic heterocycles. The Hall–Kier alpha value is -1.79. The SMILES string of the molecule is COC(=O)[C@@H](N=[N+]=[N-])[C@H](OC)C(=O)OC(C)(C)C. The van der Waals surface area contributed by atoms with Gasteiger partial charge in [-0.15, -0.1) is 0 Å². The first kappa shape index (κ1) is 16.2. The highest BCUT2D eigenvalue weighted by molar-refractivity contribution is 5.86. The number of ether oxygens (including phenoxy) is 3. The highest BCUT2D eigenvalue weighted by atomic mass is 16.6. The molecule has 0 saturated carbocycles. The summed E-state index contributed by atoms with van der Waals surface area (Å²) in [5.74, 6) is -1.67. The van der Waals surface area contributed by atoms with E-state index in [2.05, 4.69) is 14.8 Å². The third-order valence-corrected chi connectivity index (χ3v) is 1.80. The smallest absolute Gasteiger partial charge is 0.336 e. The molecule has 0 aliphatic carbocycles. The van der Waals surface area contributed by atoms with E-state index in [4.69, 9.17) is 15.0 Å². The zero-order valence-electron chi connectivity index (χ0n) is 11.0.